The first-order valence-electron chi connectivity index (χ1n) is 12.4. The van der Waals surface area contributed by atoms with E-state index in [1.807, 2.05) is 78.9 Å². The van der Waals surface area contributed by atoms with E-state index in [0.29, 0.717) is 18.4 Å². The number of rotatable bonds is 10. The number of carbonyl (C=O) groups is 1. The second kappa shape index (κ2) is 12.3. The lowest BCUT2D eigenvalue weighted by atomic mass is 9.88. The first-order valence-corrected chi connectivity index (χ1v) is 12.4. The molecule has 4 aromatic rings. The van der Waals surface area contributed by atoms with E-state index in [0.717, 1.165) is 27.8 Å². The van der Waals surface area contributed by atoms with Crippen LogP contribution in [0, 0.1) is 5.92 Å². The van der Waals surface area contributed by atoms with Gasteiger partial charge in [-0.15, -0.1) is 0 Å². The number of hydrogen-bond acceptors (Lipinski definition) is 5. The highest BCUT2D eigenvalue weighted by Gasteiger charge is 2.24. The van der Waals surface area contributed by atoms with Gasteiger partial charge in [0.25, 0.3) is 5.91 Å². The molecule has 0 spiro atoms. The summed E-state index contributed by atoms with van der Waals surface area (Å²) in [6.07, 6.45) is 0.575. The normalized spacial score (nSPS) is 12.8. The van der Waals surface area contributed by atoms with Gasteiger partial charge in [-0.1, -0.05) is 78.9 Å². The molecule has 7 N–H and O–H groups in total. The van der Waals surface area contributed by atoms with E-state index in [4.69, 9.17) is 11.5 Å². The Morgan fingerprint density at radius 2 is 1.38 bits per heavy atom. The summed E-state index contributed by atoms with van der Waals surface area (Å²) in [6, 6.07) is 31.7. The molecule has 190 valence electrons. The summed E-state index contributed by atoms with van der Waals surface area (Å²) in [5.74, 6) is -0.209. The van der Waals surface area contributed by atoms with Gasteiger partial charge in [-0.3, -0.25) is 4.79 Å². The second-order valence-electron chi connectivity index (χ2n) is 9.31. The first kappa shape index (κ1) is 26.1. The largest absolute Gasteiger partial charge is 0.508 e. The second-order valence-corrected chi connectivity index (χ2v) is 9.31. The van der Waals surface area contributed by atoms with E-state index in [1.54, 1.807) is 24.3 Å². The van der Waals surface area contributed by atoms with Gasteiger partial charge in [0.2, 0.25) is 0 Å². The minimum Gasteiger partial charge on any atom is -0.508 e. The fraction of sp³-hybridized carbons (Fsp3) is 0.194. The average Bonchev–Trinajstić information content (AvgIpc) is 2.92. The van der Waals surface area contributed by atoms with Gasteiger partial charge >= 0.3 is 0 Å². The molecule has 0 heterocycles. The number of aliphatic hydroxyl groups is 1. The van der Waals surface area contributed by atoms with Crippen molar-refractivity contribution in [3.05, 3.63) is 125 Å². The monoisotopic (exact) mass is 495 g/mol. The molecular formula is C31H33N3O3. The molecule has 4 aromatic carbocycles. The Kier molecular flexibility index (Phi) is 8.69. The van der Waals surface area contributed by atoms with E-state index < -0.39 is 6.17 Å². The molecule has 6 nitrogen and oxygen atoms in total. The van der Waals surface area contributed by atoms with Crippen LogP contribution in [0.4, 0.5) is 0 Å². The summed E-state index contributed by atoms with van der Waals surface area (Å²) >= 11 is 0. The van der Waals surface area contributed by atoms with Gasteiger partial charge in [-0.2, -0.15) is 0 Å². The third-order valence-corrected chi connectivity index (χ3v) is 6.60. The number of amides is 1. The molecule has 37 heavy (non-hydrogen) atoms. The molecule has 4 rings (SSSR count). The number of aromatic hydroxyl groups is 1. The number of hydrogen-bond donors (Lipinski definition) is 5. The molecule has 0 saturated heterocycles. The molecule has 0 fully saturated rings. The average molecular weight is 496 g/mol. The molecule has 0 bridgehead atoms. The lowest BCUT2D eigenvalue weighted by molar-refractivity contribution is 0.0903. The number of nitrogens with two attached hydrogens (primary N) is 2. The third kappa shape index (κ3) is 7.05. The molecule has 0 radical (unpaired) electrons. The number of nitrogens with one attached hydrogen (secondary N) is 1. The Bertz CT molecular complexity index is 1290. The maximum Gasteiger partial charge on any atom is 0.251 e. The van der Waals surface area contributed by atoms with Crippen molar-refractivity contribution >= 4 is 5.91 Å². The number of phenolic OH excluding ortho intramolecular Hbond substituents is 1. The summed E-state index contributed by atoms with van der Waals surface area (Å²) in [6.45, 7) is -0.0868. The van der Waals surface area contributed by atoms with Gasteiger partial charge in [0, 0.05) is 24.1 Å². The van der Waals surface area contributed by atoms with E-state index in [-0.39, 0.29) is 30.2 Å². The summed E-state index contributed by atoms with van der Waals surface area (Å²) in [4.78, 5) is 13.3. The van der Waals surface area contributed by atoms with Crippen LogP contribution in [0.1, 0.15) is 33.2 Å². The molecule has 2 unspecified atom stereocenters. The Hall–Kier alpha value is -3.97. The van der Waals surface area contributed by atoms with Crippen LogP contribution >= 0.6 is 0 Å². The predicted molar refractivity (Wildman–Crippen MR) is 147 cm³/mol. The Morgan fingerprint density at radius 3 is 2.00 bits per heavy atom. The lowest BCUT2D eigenvalue weighted by Gasteiger charge is -2.27. The van der Waals surface area contributed by atoms with E-state index >= 15 is 0 Å². The zero-order valence-corrected chi connectivity index (χ0v) is 20.6. The molecule has 2 atom stereocenters. The van der Waals surface area contributed by atoms with Crippen molar-refractivity contribution in [3.63, 3.8) is 0 Å². The van der Waals surface area contributed by atoms with Crippen LogP contribution in [0.15, 0.2) is 103 Å². The van der Waals surface area contributed by atoms with E-state index in [9.17, 15) is 15.0 Å². The number of phenols is 1. The van der Waals surface area contributed by atoms with Crippen molar-refractivity contribution in [3.8, 4) is 16.9 Å². The van der Waals surface area contributed by atoms with Gasteiger partial charge < -0.3 is 27.0 Å². The van der Waals surface area contributed by atoms with Crippen LogP contribution in [0.25, 0.3) is 11.1 Å². The molecule has 0 saturated carbocycles. The van der Waals surface area contributed by atoms with E-state index in [2.05, 4.69) is 5.32 Å². The minimum atomic E-state index is -0.572. The summed E-state index contributed by atoms with van der Waals surface area (Å²) in [7, 11) is 0. The molecule has 1 amide bonds. The molecule has 0 aliphatic carbocycles. The van der Waals surface area contributed by atoms with Crippen molar-refractivity contribution in [2.75, 3.05) is 6.61 Å². The summed E-state index contributed by atoms with van der Waals surface area (Å²) in [5, 5.41) is 23.1. The van der Waals surface area contributed by atoms with Gasteiger partial charge in [0.1, 0.15) is 5.75 Å². The van der Waals surface area contributed by atoms with Crippen LogP contribution < -0.4 is 16.8 Å². The van der Waals surface area contributed by atoms with Crippen LogP contribution in [-0.2, 0) is 12.8 Å². The van der Waals surface area contributed by atoms with Gasteiger partial charge in [0.05, 0.1) is 6.17 Å². The van der Waals surface area contributed by atoms with Gasteiger partial charge in [-0.05, 0) is 64.9 Å². The number of benzene rings is 4. The van der Waals surface area contributed by atoms with Crippen LogP contribution in [-0.4, -0.2) is 28.8 Å². The predicted octanol–water partition coefficient (Wildman–Crippen LogP) is 4.17. The van der Waals surface area contributed by atoms with Gasteiger partial charge in [0.15, 0.2) is 0 Å². The molecule has 0 aliphatic heterocycles. The Morgan fingerprint density at radius 1 is 0.757 bits per heavy atom. The minimum absolute atomic E-state index is 0.0868. The topological polar surface area (TPSA) is 122 Å². The number of aliphatic hydroxyl groups excluding tert-OH is 1. The fourth-order valence-corrected chi connectivity index (χ4v) is 4.49. The van der Waals surface area contributed by atoms with Crippen LogP contribution in [0.3, 0.4) is 0 Å². The molecular weight excluding hydrogens is 462 g/mol. The van der Waals surface area contributed by atoms with Gasteiger partial charge in [-0.25, -0.2) is 0 Å². The standard InChI is InChI=1S/C31H33N3O3/c32-30(33)26-8-4-7-22(17-26)18-27(20-35)29(19-21-5-2-1-3-6-21)34-31(37)25-11-9-23(10-12-25)24-13-15-28(36)16-14-24/h1-17,27,29-30,35-36H,18-20,32-33H2,(H,34,37). The molecule has 0 aromatic heterocycles. The highest BCUT2D eigenvalue weighted by atomic mass is 16.3. The lowest BCUT2D eigenvalue weighted by Crippen LogP contribution is -2.44. The van der Waals surface area contributed by atoms with Crippen LogP contribution in [0.2, 0.25) is 0 Å². The Balaban J connectivity index is 1.54. The van der Waals surface area contributed by atoms with Crippen molar-refractivity contribution in [2.45, 2.75) is 25.0 Å². The highest BCUT2D eigenvalue weighted by Crippen LogP contribution is 2.23. The highest BCUT2D eigenvalue weighted by molar-refractivity contribution is 5.95. The Labute approximate surface area is 217 Å². The molecule has 0 aliphatic rings. The molecule has 6 heteroatoms. The summed E-state index contributed by atoms with van der Waals surface area (Å²) in [5.41, 5.74) is 17.0. The third-order valence-electron chi connectivity index (χ3n) is 6.60. The van der Waals surface area contributed by atoms with Crippen molar-refractivity contribution in [1.29, 1.82) is 0 Å². The van der Waals surface area contributed by atoms with Crippen molar-refractivity contribution in [2.24, 2.45) is 17.4 Å². The van der Waals surface area contributed by atoms with E-state index in [1.165, 1.54) is 0 Å². The zero-order chi connectivity index (χ0) is 26.2. The zero-order valence-electron chi connectivity index (χ0n) is 20.6. The maximum atomic E-state index is 13.3. The SMILES string of the molecule is NC(N)c1cccc(CC(CO)C(Cc2ccccc2)NC(=O)c2ccc(-c3ccc(O)cc3)cc2)c1. The number of carbonyl (C=O) groups excluding carboxylic acids is 1. The van der Waals surface area contributed by atoms with Crippen LogP contribution in [0.5, 0.6) is 5.75 Å². The maximum absolute atomic E-state index is 13.3. The summed E-state index contributed by atoms with van der Waals surface area (Å²) < 4.78 is 0. The van der Waals surface area contributed by atoms with Crippen molar-refractivity contribution < 1.29 is 15.0 Å². The van der Waals surface area contributed by atoms with Crippen molar-refractivity contribution in [1.82, 2.24) is 5.32 Å². The fourth-order valence-electron chi connectivity index (χ4n) is 4.49. The quantitative estimate of drug-likeness (QED) is 0.212. The first-order chi connectivity index (χ1) is 17.9. The smallest absolute Gasteiger partial charge is 0.251 e.